The number of benzene rings is 2. The highest BCUT2D eigenvalue weighted by atomic mass is 19.1. The second kappa shape index (κ2) is 5.54. The number of carbonyl (C=O) groups excluding carboxylic acids is 1. The molecule has 0 radical (unpaired) electrons. The molecule has 1 aliphatic rings. The fraction of sp³-hybridized carbons (Fsp3) is 0.211. The van der Waals surface area contributed by atoms with Crippen LogP contribution in [0.25, 0.3) is 22.2 Å². The van der Waals surface area contributed by atoms with Crippen molar-refractivity contribution in [2.45, 2.75) is 12.8 Å². The molecule has 1 N–H and O–H groups in total. The predicted molar refractivity (Wildman–Crippen MR) is 88.8 cm³/mol. The molecular formula is C19H17FN2O. The molecular weight excluding hydrogens is 291 g/mol. The van der Waals surface area contributed by atoms with E-state index in [0.717, 1.165) is 53.7 Å². The molecule has 1 aromatic heterocycles. The molecule has 1 amide bonds. The number of rotatable bonds is 2. The van der Waals surface area contributed by atoms with Crippen LogP contribution in [0, 0.1) is 5.82 Å². The number of aromatic nitrogens is 1. The standard InChI is InChI=1S/C19H17FN2O/c20-14-8-6-13(7-9-14)18-12-16-15(4-3-5-17(16)21-18)19(23)22-10-1-2-11-22/h3-9,12,21H,1-2,10-11H2. The average molecular weight is 308 g/mol. The highest BCUT2D eigenvalue weighted by molar-refractivity contribution is 6.07. The Labute approximate surface area is 133 Å². The van der Waals surface area contributed by atoms with Crippen LogP contribution in [-0.4, -0.2) is 28.9 Å². The van der Waals surface area contributed by atoms with E-state index in [1.807, 2.05) is 29.2 Å². The molecule has 0 unspecified atom stereocenters. The lowest BCUT2D eigenvalue weighted by molar-refractivity contribution is 0.0795. The minimum absolute atomic E-state index is 0.0951. The van der Waals surface area contributed by atoms with Crippen molar-refractivity contribution in [3.05, 3.63) is 59.9 Å². The van der Waals surface area contributed by atoms with E-state index in [1.54, 1.807) is 12.1 Å². The first kappa shape index (κ1) is 14.0. The van der Waals surface area contributed by atoms with E-state index in [2.05, 4.69) is 4.98 Å². The van der Waals surface area contributed by atoms with Gasteiger partial charge < -0.3 is 9.88 Å². The van der Waals surface area contributed by atoms with Gasteiger partial charge in [0.25, 0.3) is 5.91 Å². The number of hydrogen-bond donors (Lipinski definition) is 1. The van der Waals surface area contributed by atoms with Crippen molar-refractivity contribution in [3.63, 3.8) is 0 Å². The Balaban J connectivity index is 1.78. The maximum absolute atomic E-state index is 13.1. The van der Waals surface area contributed by atoms with Crippen LogP contribution in [0.4, 0.5) is 4.39 Å². The fourth-order valence-electron chi connectivity index (χ4n) is 3.22. The summed E-state index contributed by atoms with van der Waals surface area (Å²) in [6.07, 6.45) is 2.16. The molecule has 0 atom stereocenters. The van der Waals surface area contributed by atoms with Crippen molar-refractivity contribution in [1.82, 2.24) is 9.88 Å². The number of nitrogens with one attached hydrogen (secondary N) is 1. The molecule has 1 fully saturated rings. The molecule has 4 heteroatoms. The summed E-state index contributed by atoms with van der Waals surface area (Å²) >= 11 is 0. The summed E-state index contributed by atoms with van der Waals surface area (Å²) in [5.74, 6) is -0.160. The van der Waals surface area contributed by atoms with Gasteiger partial charge in [0, 0.05) is 35.2 Å². The van der Waals surface area contributed by atoms with Crippen molar-refractivity contribution in [1.29, 1.82) is 0 Å². The minimum atomic E-state index is -0.255. The molecule has 2 heterocycles. The van der Waals surface area contributed by atoms with E-state index in [4.69, 9.17) is 0 Å². The van der Waals surface area contributed by atoms with E-state index in [1.165, 1.54) is 12.1 Å². The highest BCUT2D eigenvalue weighted by Crippen LogP contribution is 2.28. The zero-order chi connectivity index (χ0) is 15.8. The average Bonchev–Trinajstić information content (AvgIpc) is 3.24. The largest absolute Gasteiger partial charge is 0.355 e. The molecule has 3 nitrogen and oxygen atoms in total. The summed E-state index contributed by atoms with van der Waals surface area (Å²) in [4.78, 5) is 18.0. The first-order valence-electron chi connectivity index (χ1n) is 7.89. The third-order valence-electron chi connectivity index (χ3n) is 4.44. The van der Waals surface area contributed by atoms with Crippen LogP contribution in [-0.2, 0) is 0 Å². The molecule has 1 saturated heterocycles. The third-order valence-corrected chi connectivity index (χ3v) is 4.44. The number of nitrogens with zero attached hydrogens (tertiary/aromatic N) is 1. The van der Waals surface area contributed by atoms with Gasteiger partial charge in [-0.25, -0.2) is 4.39 Å². The lowest BCUT2D eigenvalue weighted by atomic mass is 10.1. The van der Waals surface area contributed by atoms with Crippen LogP contribution >= 0.6 is 0 Å². The Morgan fingerprint density at radius 1 is 1.04 bits per heavy atom. The molecule has 23 heavy (non-hydrogen) atoms. The van der Waals surface area contributed by atoms with Crippen molar-refractivity contribution in [3.8, 4) is 11.3 Å². The fourth-order valence-corrected chi connectivity index (χ4v) is 3.22. The molecule has 2 aromatic carbocycles. The summed E-state index contributed by atoms with van der Waals surface area (Å²) < 4.78 is 13.1. The molecule has 116 valence electrons. The van der Waals surface area contributed by atoms with Crippen LogP contribution in [0.5, 0.6) is 0 Å². The summed E-state index contributed by atoms with van der Waals surface area (Å²) in [5, 5.41) is 0.920. The van der Waals surface area contributed by atoms with E-state index < -0.39 is 0 Å². The molecule has 3 aromatic rings. The summed E-state index contributed by atoms with van der Waals surface area (Å²) in [6.45, 7) is 1.68. The van der Waals surface area contributed by atoms with Gasteiger partial charge in [-0.3, -0.25) is 4.79 Å². The van der Waals surface area contributed by atoms with E-state index in [0.29, 0.717) is 0 Å². The van der Waals surface area contributed by atoms with Crippen molar-refractivity contribution in [2.75, 3.05) is 13.1 Å². The first-order chi connectivity index (χ1) is 11.2. The highest BCUT2D eigenvalue weighted by Gasteiger charge is 2.21. The maximum Gasteiger partial charge on any atom is 0.254 e. The number of carbonyl (C=O) groups is 1. The van der Waals surface area contributed by atoms with Gasteiger partial charge in [0.1, 0.15) is 5.82 Å². The second-order valence-electron chi connectivity index (χ2n) is 5.96. The van der Waals surface area contributed by atoms with Crippen molar-refractivity contribution in [2.24, 2.45) is 0 Å². The lowest BCUT2D eigenvalue weighted by Gasteiger charge is -2.15. The minimum Gasteiger partial charge on any atom is -0.355 e. The van der Waals surface area contributed by atoms with Gasteiger partial charge in [-0.2, -0.15) is 0 Å². The summed E-state index contributed by atoms with van der Waals surface area (Å²) in [7, 11) is 0. The molecule has 0 saturated carbocycles. The van der Waals surface area contributed by atoms with Gasteiger partial charge in [-0.1, -0.05) is 6.07 Å². The number of H-pyrrole nitrogens is 1. The maximum atomic E-state index is 13.1. The van der Waals surface area contributed by atoms with Crippen LogP contribution in [0.3, 0.4) is 0 Å². The zero-order valence-corrected chi connectivity index (χ0v) is 12.7. The van der Waals surface area contributed by atoms with E-state index >= 15 is 0 Å². The van der Waals surface area contributed by atoms with E-state index in [9.17, 15) is 9.18 Å². The molecule has 4 rings (SSSR count). The van der Waals surface area contributed by atoms with Crippen molar-refractivity contribution < 1.29 is 9.18 Å². The Morgan fingerprint density at radius 3 is 2.52 bits per heavy atom. The molecule has 1 aliphatic heterocycles. The topological polar surface area (TPSA) is 36.1 Å². The Kier molecular flexibility index (Phi) is 3.37. The SMILES string of the molecule is O=C(c1cccc2[nH]c(-c3ccc(F)cc3)cc12)N1CCCC1. The number of amides is 1. The molecule has 0 spiro atoms. The third kappa shape index (κ3) is 2.50. The number of fused-ring (bicyclic) bond motifs is 1. The quantitative estimate of drug-likeness (QED) is 0.756. The van der Waals surface area contributed by atoms with Crippen LogP contribution in [0.1, 0.15) is 23.2 Å². The van der Waals surface area contributed by atoms with Gasteiger partial charge >= 0.3 is 0 Å². The van der Waals surface area contributed by atoms with Crippen LogP contribution in [0.15, 0.2) is 48.5 Å². The van der Waals surface area contributed by atoms with Gasteiger partial charge in [0.15, 0.2) is 0 Å². The Hall–Kier alpha value is -2.62. The van der Waals surface area contributed by atoms with Crippen LogP contribution in [0.2, 0.25) is 0 Å². The monoisotopic (exact) mass is 308 g/mol. The number of hydrogen-bond acceptors (Lipinski definition) is 1. The lowest BCUT2D eigenvalue weighted by Crippen LogP contribution is -2.27. The Bertz CT molecular complexity index is 861. The first-order valence-corrected chi connectivity index (χ1v) is 7.89. The smallest absolute Gasteiger partial charge is 0.254 e. The summed E-state index contributed by atoms with van der Waals surface area (Å²) in [6, 6.07) is 14.1. The predicted octanol–water partition coefficient (Wildman–Crippen LogP) is 4.21. The molecule has 0 aliphatic carbocycles. The second-order valence-corrected chi connectivity index (χ2v) is 5.96. The Morgan fingerprint density at radius 2 is 1.78 bits per heavy atom. The van der Waals surface area contributed by atoms with Gasteiger partial charge in [0.2, 0.25) is 0 Å². The van der Waals surface area contributed by atoms with Gasteiger partial charge in [0.05, 0.1) is 0 Å². The van der Waals surface area contributed by atoms with E-state index in [-0.39, 0.29) is 11.7 Å². The van der Waals surface area contributed by atoms with Gasteiger partial charge in [-0.15, -0.1) is 0 Å². The normalized spacial score (nSPS) is 14.6. The summed E-state index contributed by atoms with van der Waals surface area (Å²) in [5.41, 5.74) is 3.45. The van der Waals surface area contributed by atoms with Crippen molar-refractivity contribution >= 4 is 16.8 Å². The zero-order valence-electron chi connectivity index (χ0n) is 12.7. The number of likely N-dealkylation sites (tertiary alicyclic amines) is 1. The number of aromatic amines is 1. The van der Waals surface area contributed by atoms with Crippen LogP contribution < -0.4 is 0 Å². The van der Waals surface area contributed by atoms with Gasteiger partial charge in [-0.05, 0) is 60.9 Å². The number of halogens is 1. The molecule has 0 bridgehead atoms.